The third-order valence-electron chi connectivity index (χ3n) is 4.39. The van der Waals surface area contributed by atoms with Crippen LogP contribution in [0.15, 0.2) is 24.3 Å². The Morgan fingerprint density at radius 2 is 1.67 bits per heavy atom. The maximum atomic E-state index is 12.1. The van der Waals surface area contributed by atoms with Crippen molar-refractivity contribution in [2.75, 3.05) is 23.7 Å². The van der Waals surface area contributed by atoms with Crippen molar-refractivity contribution in [3.05, 3.63) is 24.3 Å². The Hall–Kier alpha value is -2.37. The normalized spacial score (nSPS) is 18.0. The lowest BCUT2D eigenvalue weighted by Crippen LogP contribution is -2.37. The summed E-state index contributed by atoms with van der Waals surface area (Å²) in [6.07, 6.45) is 5.37. The van der Waals surface area contributed by atoms with E-state index in [0.29, 0.717) is 18.7 Å². The molecule has 0 spiro atoms. The van der Waals surface area contributed by atoms with E-state index in [1.165, 1.54) is 0 Å². The zero-order chi connectivity index (χ0) is 16.9. The topological polar surface area (TPSA) is 78.5 Å². The average Bonchev–Trinajstić information content (AvgIpc) is 3.40. The Labute approximate surface area is 141 Å². The predicted octanol–water partition coefficient (Wildman–Crippen LogP) is 2.38. The molecule has 0 unspecified atom stereocenters. The first-order valence-corrected chi connectivity index (χ1v) is 8.60. The summed E-state index contributed by atoms with van der Waals surface area (Å²) in [6, 6.07) is 7.05. The molecule has 2 aliphatic rings. The third kappa shape index (κ3) is 4.57. The SMILES string of the molecule is O=C(CN1CCCCCC1=O)Nc1ccc(NC(=O)C2CC2)cc1. The minimum Gasteiger partial charge on any atom is -0.333 e. The lowest BCUT2D eigenvalue weighted by molar-refractivity contribution is -0.134. The molecule has 128 valence electrons. The Kier molecular flexibility index (Phi) is 5.13. The minimum absolute atomic E-state index is 0.0563. The van der Waals surface area contributed by atoms with Gasteiger partial charge in [-0.3, -0.25) is 14.4 Å². The van der Waals surface area contributed by atoms with Gasteiger partial charge in [-0.05, 0) is 49.9 Å². The Balaban J connectivity index is 1.50. The van der Waals surface area contributed by atoms with Crippen LogP contribution < -0.4 is 10.6 Å². The molecule has 1 aromatic carbocycles. The standard InChI is InChI=1S/C18H23N3O3/c22-16(12-21-11-3-1-2-4-17(21)23)19-14-7-9-15(10-8-14)20-18(24)13-5-6-13/h7-10,13H,1-6,11-12H2,(H,19,22)(H,20,24). The van der Waals surface area contributed by atoms with Gasteiger partial charge in [0.05, 0.1) is 6.54 Å². The largest absolute Gasteiger partial charge is 0.333 e. The number of nitrogens with one attached hydrogen (secondary N) is 2. The molecule has 1 heterocycles. The van der Waals surface area contributed by atoms with Crippen LogP contribution >= 0.6 is 0 Å². The van der Waals surface area contributed by atoms with Gasteiger partial charge >= 0.3 is 0 Å². The quantitative estimate of drug-likeness (QED) is 0.870. The zero-order valence-corrected chi connectivity index (χ0v) is 13.7. The van der Waals surface area contributed by atoms with E-state index in [1.54, 1.807) is 29.2 Å². The number of likely N-dealkylation sites (tertiary alicyclic amines) is 1. The van der Waals surface area contributed by atoms with Crippen LogP contribution in [0.1, 0.15) is 38.5 Å². The van der Waals surface area contributed by atoms with Gasteiger partial charge in [0.2, 0.25) is 17.7 Å². The molecule has 0 bridgehead atoms. The maximum Gasteiger partial charge on any atom is 0.243 e. The summed E-state index contributed by atoms with van der Waals surface area (Å²) < 4.78 is 0. The molecule has 1 aliphatic heterocycles. The van der Waals surface area contributed by atoms with E-state index in [2.05, 4.69) is 10.6 Å². The second-order valence-electron chi connectivity index (χ2n) is 6.52. The molecular weight excluding hydrogens is 306 g/mol. The number of amides is 3. The summed E-state index contributed by atoms with van der Waals surface area (Å²) >= 11 is 0. The van der Waals surface area contributed by atoms with Crippen molar-refractivity contribution < 1.29 is 14.4 Å². The van der Waals surface area contributed by atoms with Crippen molar-refractivity contribution in [2.45, 2.75) is 38.5 Å². The maximum absolute atomic E-state index is 12.1. The summed E-state index contributed by atoms with van der Waals surface area (Å²) in [5.41, 5.74) is 1.39. The van der Waals surface area contributed by atoms with Gasteiger partial charge in [-0.1, -0.05) is 6.42 Å². The van der Waals surface area contributed by atoms with Gasteiger partial charge in [-0.25, -0.2) is 0 Å². The predicted molar refractivity (Wildman–Crippen MR) is 91.5 cm³/mol. The van der Waals surface area contributed by atoms with Crippen LogP contribution in [-0.4, -0.2) is 35.7 Å². The lowest BCUT2D eigenvalue weighted by Gasteiger charge is -2.19. The molecule has 1 saturated carbocycles. The third-order valence-corrected chi connectivity index (χ3v) is 4.39. The highest BCUT2D eigenvalue weighted by molar-refractivity contribution is 5.96. The number of carbonyl (C=O) groups is 3. The van der Waals surface area contributed by atoms with Gasteiger partial charge in [-0.15, -0.1) is 0 Å². The first-order valence-electron chi connectivity index (χ1n) is 8.60. The first-order chi connectivity index (χ1) is 11.6. The highest BCUT2D eigenvalue weighted by atomic mass is 16.2. The highest BCUT2D eigenvalue weighted by Crippen LogP contribution is 2.30. The summed E-state index contributed by atoms with van der Waals surface area (Å²) in [7, 11) is 0. The van der Waals surface area contributed by atoms with Crippen molar-refractivity contribution in [3.63, 3.8) is 0 Å². The Morgan fingerprint density at radius 3 is 2.33 bits per heavy atom. The number of hydrogen-bond donors (Lipinski definition) is 2. The van der Waals surface area contributed by atoms with Crippen LogP contribution in [-0.2, 0) is 14.4 Å². The molecule has 24 heavy (non-hydrogen) atoms. The van der Waals surface area contributed by atoms with Crippen LogP contribution in [0.5, 0.6) is 0 Å². The van der Waals surface area contributed by atoms with Crippen molar-refractivity contribution in [2.24, 2.45) is 5.92 Å². The van der Waals surface area contributed by atoms with E-state index in [4.69, 9.17) is 0 Å². The second-order valence-corrected chi connectivity index (χ2v) is 6.52. The molecule has 1 saturated heterocycles. The van der Waals surface area contributed by atoms with Crippen LogP contribution in [0.25, 0.3) is 0 Å². The fourth-order valence-electron chi connectivity index (χ4n) is 2.81. The molecule has 3 amide bonds. The van der Waals surface area contributed by atoms with Gasteiger partial charge in [0.1, 0.15) is 0 Å². The molecule has 1 aromatic rings. The van der Waals surface area contributed by atoms with Gasteiger partial charge in [0.15, 0.2) is 0 Å². The molecule has 0 atom stereocenters. The van der Waals surface area contributed by atoms with Crippen LogP contribution in [0.4, 0.5) is 11.4 Å². The zero-order valence-electron chi connectivity index (χ0n) is 13.7. The van der Waals surface area contributed by atoms with Crippen molar-refractivity contribution in [1.29, 1.82) is 0 Å². The fraction of sp³-hybridized carbons (Fsp3) is 0.500. The van der Waals surface area contributed by atoms with Crippen molar-refractivity contribution in [3.8, 4) is 0 Å². The average molecular weight is 329 g/mol. The van der Waals surface area contributed by atoms with Crippen molar-refractivity contribution in [1.82, 2.24) is 4.90 Å². The van der Waals surface area contributed by atoms with E-state index in [-0.39, 0.29) is 30.2 Å². The molecular formula is C18H23N3O3. The Morgan fingerprint density at radius 1 is 1.00 bits per heavy atom. The molecule has 0 aromatic heterocycles. The monoisotopic (exact) mass is 329 g/mol. The number of anilines is 2. The lowest BCUT2D eigenvalue weighted by atomic mass is 10.2. The molecule has 6 heteroatoms. The van der Waals surface area contributed by atoms with Crippen LogP contribution in [0.2, 0.25) is 0 Å². The van der Waals surface area contributed by atoms with Crippen molar-refractivity contribution >= 4 is 29.1 Å². The van der Waals surface area contributed by atoms with E-state index < -0.39 is 0 Å². The van der Waals surface area contributed by atoms with Gasteiger partial charge < -0.3 is 15.5 Å². The summed E-state index contributed by atoms with van der Waals surface area (Å²) in [5, 5.41) is 5.66. The van der Waals surface area contributed by atoms with Crippen LogP contribution in [0, 0.1) is 5.92 Å². The van der Waals surface area contributed by atoms with E-state index in [0.717, 1.165) is 37.8 Å². The molecule has 1 aliphatic carbocycles. The Bertz CT molecular complexity index is 623. The number of carbonyl (C=O) groups excluding carboxylic acids is 3. The number of nitrogens with zero attached hydrogens (tertiary/aromatic N) is 1. The molecule has 6 nitrogen and oxygen atoms in total. The number of hydrogen-bond acceptors (Lipinski definition) is 3. The smallest absolute Gasteiger partial charge is 0.243 e. The number of benzene rings is 1. The minimum atomic E-state index is -0.194. The van der Waals surface area contributed by atoms with Gasteiger partial charge in [0, 0.05) is 30.3 Å². The molecule has 2 fully saturated rings. The van der Waals surface area contributed by atoms with Gasteiger partial charge in [0.25, 0.3) is 0 Å². The summed E-state index contributed by atoms with van der Waals surface area (Å²) in [5.74, 6) is 0.0859. The molecule has 0 radical (unpaired) electrons. The first kappa shape index (κ1) is 16.5. The summed E-state index contributed by atoms with van der Waals surface area (Å²) in [4.78, 5) is 37.4. The van der Waals surface area contributed by atoms with E-state index >= 15 is 0 Å². The van der Waals surface area contributed by atoms with Gasteiger partial charge in [-0.2, -0.15) is 0 Å². The fourth-order valence-corrected chi connectivity index (χ4v) is 2.81. The highest BCUT2D eigenvalue weighted by Gasteiger charge is 2.29. The van der Waals surface area contributed by atoms with E-state index in [1.807, 2.05) is 0 Å². The second kappa shape index (κ2) is 7.47. The molecule has 2 N–H and O–H groups in total. The molecule has 3 rings (SSSR count). The van der Waals surface area contributed by atoms with Crippen LogP contribution in [0.3, 0.4) is 0 Å². The summed E-state index contributed by atoms with van der Waals surface area (Å²) in [6.45, 7) is 0.747. The van der Waals surface area contributed by atoms with E-state index in [9.17, 15) is 14.4 Å². The number of rotatable bonds is 5.